The fourth-order valence-electron chi connectivity index (χ4n) is 2.09. The Labute approximate surface area is 120 Å². The van der Waals surface area contributed by atoms with Gasteiger partial charge in [0, 0.05) is 12.6 Å². The Morgan fingerprint density at radius 2 is 1.90 bits per heavy atom. The number of ketones is 1. The van der Waals surface area contributed by atoms with Gasteiger partial charge in [-0.15, -0.1) is 0 Å². The first kappa shape index (κ1) is 18.8. The van der Waals surface area contributed by atoms with Crippen LogP contribution < -0.4 is 21.7 Å². The maximum atomic E-state index is 11.6. The summed E-state index contributed by atoms with van der Waals surface area (Å²) in [5.41, 5.74) is 4.96. The van der Waals surface area contributed by atoms with E-state index in [0.717, 1.165) is 0 Å². The molecule has 0 aromatic rings. The third kappa shape index (κ3) is 7.42. The Balaban J connectivity index is 4.32. The second kappa shape index (κ2) is 9.68. The molecule has 0 saturated heterocycles. The predicted octanol–water partition coefficient (Wildman–Crippen LogP) is -0.455. The van der Waals surface area contributed by atoms with Crippen LogP contribution in [0.4, 0.5) is 4.79 Å². The Kier molecular flexibility index (Phi) is 9.11. The topological polar surface area (TPSA) is 116 Å². The SMILES string of the molecule is CNC(C(C)C)C(O)NC(CCCNC(N)=O)C(C)=O. The van der Waals surface area contributed by atoms with Crippen LogP contribution in [0.25, 0.3) is 0 Å². The Morgan fingerprint density at radius 3 is 2.30 bits per heavy atom. The molecule has 6 N–H and O–H groups in total. The minimum atomic E-state index is -0.807. The number of nitrogens with two attached hydrogens (primary N) is 1. The number of urea groups is 1. The van der Waals surface area contributed by atoms with Crippen LogP contribution in [0.15, 0.2) is 0 Å². The van der Waals surface area contributed by atoms with Crippen molar-refractivity contribution in [2.75, 3.05) is 13.6 Å². The summed E-state index contributed by atoms with van der Waals surface area (Å²) in [6.07, 6.45) is 0.331. The summed E-state index contributed by atoms with van der Waals surface area (Å²) in [4.78, 5) is 22.1. The van der Waals surface area contributed by atoms with Crippen molar-refractivity contribution >= 4 is 11.8 Å². The highest BCUT2D eigenvalue weighted by molar-refractivity contribution is 5.81. The van der Waals surface area contributed by atoms with Crippen LogP contribution in [0, 0.1) is 5.92 Å². The van der Waals surface area contributed by atoms with E-state index in [9.17, 15) is 14.7 Å². The number of carbonyl (C=O) groups is 2. The average Bonchev–Trinajstić information content (AvgIpc) is 2.32. The maximum Gasteiger partial charge on any atom is 0.312 e. The third-order valence-corrected chi connectivity index (χ3v) is 3.22. The highest BCUT2D eigenvalue weighted by Gasteiger charge is 2.25. The lowest BCUT2D eigenvalue weighted by molar-refractivity contribution is -0.120. The molecule has 0 radical (unpaired) electrons. The molecule has 0 bridgehead atoms. The maximum absolute atomic E-state index is 11.6. The summed E-state index contributed by atoms with van der Waals surface area (Å²) < 4.78 is 0. The Bertz CT molecular complexity index is 310. The zero-order valence-corrected chi connectivity index (χ0v) is 12.8. The van der Waals surface area contributed by atoms with Crippen molar-refractivity contribution in [3.05, 3.63) is 0 Å². The molecule has 0 fully saturated rings. The number of aliphatic hydroxyl groups is 1. The van der Waals surface area contributed by atoms with Gasteiger partial charge < -0.3 is 21.5 Å². The molecule has 3 unspecified atom stereocenters. The largest absolute Gasteiger partial charge is 0.377 e. The van der Waals surface area contributed by atoms with Crippen LogP contribution >= 0.6 is 0 Å². The van der Waals surface area contributed by atoms with E-state index in [0.29, 0.717) is 19.4 Å². The minimum Gasteiger partial charge on any atom is -0.377 e. The summed E-state index contributed by atoms with van der Waals surface area (Å²) in [6, 6.07) is -1.15. The van der Waals surface area contributed by atoms with Crippen molar-refractivity contribution < 1.29 is 14.7 Å². The molecule has 3 atom stereocenters. The van der Waals surface area contributed by atoms with E-state index in [2.05, 4.69) is 16.0 Å². The van der Waals surface area contributed by atoms with Gasteiger partial charge in [-0.3, -0.25) is 10.1 Å². The molecule has 7 nitrogen and oxygen atoms in total. The van der Waals surface area contributed by atoms with E-state index in [1.54, 1.807) is 7.05 Å². The summed E-state index contributed by atoms with van der Waals surface area (Å²) in [5, 5.41) is 18.6. The van der Waals surface area contributed by atoms with Gasteiger partial charge in [-0.25, -0.2) is 4.79 Å². The molecule has 0 rings (SSSR count). The zero-order valence-electron chi connectivity index (χ0n) is 12.8. The molecule has 0 saturated carbocycles. The molecule has 20 heavy (non-hydrogen) atoms. The molecular formula is C13H28N4O3. The lowest BCUT2D eigenvalue weighted by Crippen LogP contribution is -2.54. The quantitative estimate of drug-likeness (QED) is 0.276. The van der Waals surface area contributed by atoms with Crippen molar-refractivity contribution in [1.82, 2.24) is 16.0 Å². The first-order valence-electron chi connectivity index (χ1n) is 6.94. The van der Waals surface area contributed by atoms with Crippen LogP contribution in [0.3, 0.4) is 0 Å². The molecule has 7 heteroatoms. The first-order valence-corrected chi connectivity index (χ1v) is 6.94. The van der Waals surface area contributed by atoms with Crippen molar-refractivity contribution in [2.45, 2.75) is 51.9 Å². The normalized spacial score (nSPS) is 15.7. The van der Waals surface area contributed by atoms with Crippen molar-refractivity contribution in [2.24, 2.45) is 11.7 Å². The molecule has 0 aliphatic carbocycles. The van der Waals surface area contributed by atoms with E-state index >= 15 is 0 Å². The second-order valence-electron chi connectivity index (χ2n) is 5.27. The number of nitrogens with one attached hydrogen (secondary N) is 3. The smallest absolute Gasteiger partial charge is 0.312 e. The number of Topliss-reactive ketones (excluding diaryl/α,β-unsaturated/α-hetero) is 1. The van der Waals surface area contributed by atoms with E-state index in [4.69, 9.17) is 5.73 Å². The molecule has 0 aliphatic heterocycles. The van der Waals surface area contributed by atoms with Crippen molar-refractivity contribution in [1.29, 1.82) is 0 Å². The highest BCUT2D eigenvalue weighted by Crippen LogP contribution is 2.07. The fourth-order valence-corrected chi connectivity index (χ4v) is 2.09. The molecular weight excluding hydrogens is 260 g/mol. The first-order chi connectivity index (χ1) is 9.29. The average molecular weight is 288 g/mol. The van der Waals surface area contributed by atoms with Gasteiger partial charge in [-0.2, -0.15) is 0 Å². The predicted molar refractivity (Wildman–Crippen MR) is 78.1 cm³/mol. The van der Waals surface area contributed by atoms with Crippen molar-refractivity contribution in [3.63, 3.8) is 0 Å². The van der Waals surface area contributed by atoms with Gasteiger partial charge in [-0.05, 0) is 32.7 Å². The van der Waals surface area contributed by atoms with Gasteiger partial charge in [0.25, 0.3) is 0 Å². The summed E-state index contributed by atoms with van der Waals surface area (Å²) in [5.74, 6) is 0.188. The van der Waals surface area contributed by atoms with Gasteiger partial charge >= 0.3 is 6.03 Å². The second-order valence-corrected chi connectivity index (χ2v) is 5.27. The van der Waals surface area contributed by atoms with Gasteiger partial charge in [0.1, 0.15) is 12.0 Å². The fraction of sp³-hybridized carbons (Fsp3) is 0.846. The lowest BCUT2D eigenvalue weighted by Gasteiger charge is -2.29. The molecule has 0 heterocycles. The van der Waals surface area contributed by atoms with E-state index in [1.165, 1.54) is 6.92 Å². The standard InChI is InChI=1S/C13H28N4O3/c1-8(2)11(15-4)12(19)17-10(9(3)18)6-5-7-16-13(14)20/h8,10-12,15,17,19H,5-7H2,1-4H3,(H3,14,16,20). The summed E-state index contributed by atoms with van der Waals surface area (Å²) in [7, 11) is 1.77. The van der Waals surface area contributed by atoms with E-state index < -0.39 is 18.3 Å². The Morgan fingerprint density at radius 1 is 1.30 bits per heavy atom. The van der Waals surface area contributed by atoms with Gasteiger partial charge in [0.05, 0.1) is 6.04 Å². The van der Waals surface area contributed by atoms with Crippen LogP contribution in [0.2, 0.25) is 0 Å². The number of hydrogen-bond donors (Lipinski definition) is 5. The molecule has 0 aliphatic rings. The zero-order chi connectivity index (χ0) is 15.7. The number of aliphatic hydroxyl groups excluding tert-OH is 1. The number of rotatable bonds is 10. The monoisotopic (exact) mass is 288 g/mol. The molecule has 118 valence electrons. The number of carbonyl (C=O) groups excluding carboxylic acids is 2. The Hall–Kier alpha value is -1.18. The van der Waals surface area contributed by atoms with Gasteiger partial charge in [0.15, 0.2) is 0 Å². The van der Waals surface area contributed by atoms with E-state index in [-0.39, 0.29) is 17.7 Å². The van der Waals surface area contributed by atoms with Crippen molar-refractivity contribution in [3.8, 4) is 0 Å². The van der Waals surface area contributed by atoms with Crippen LogP contribution in [0.5, 0.6) is 0 Å². The van der Waals surface area contributed by atoms with Crippen LogP contribution in [-0.2, 0) is 4.79 Å². The number of primary amides is 1. The summed E-state index contributed by atoms with van der Waals surface area (Å²) >= 11 is 0. The van der Waals surface area contributed by atoms with Gasteiger partial charge in [-0.1, -0.05) is 13.8 Å². The number of amides is 2. The molecule has 2 amide bonds. The van der Waals surface area contributed by atoms with E-state index in [1.807, 2.05) is 13.8 Å². The number of likely N-dealkylation sites (N-methyl/N-ethyl adjacent to an activating group) is 1. The molecule has 0 aromatic heterocycles. The summed E-state index contributed by atoms with van der Waals surface area (Å²) in [6.45, 7) is 5.88. The molecule has 0 spiro atoms. The lowest BCUT2D eigenvalue weighted by atomic mass is 10.0. The van der Waals surface area contributed by atoms with Gasteiger partial charge in [0.2, 0.25) is 0 Å². The highest BCUT2D eigenvalue weighted by atomic mass is 16.3. The third-order valence-electron chi connectivity index (χ3n) is 3.22. The van der Waals surface area contributed by atoms with Crippen LogP contribution in [0.1, 0.15) is 33.6 Å². The minimum absolute atomic E-state index is 0.0401. The number of hydrogen-bond acceptors (Lipinski definition) is 5. The molecule has 0 aromatic carbocycles. The van der Waals surface area contributed by atoms with Crippen LogP contribution in [-0.4, -0.2) is 48.8 Å².